The zero-order valence-corrected chi connectivity index (χ0v) is 15.1. The van der Waals surface area contributed by atoms with Crippen molar-refractivity contribution in [2.24, 2.45) is 0 Å². The van der Waals surface area contributed by atoms with Crippen LogP contribution in [0.2, 0.25) is 10.0 Å². The normalized spacial score (nSPS) is 12.9. The Hall–Kier alpha value is -0.510. The van der Waals surface area contributed by atoms with E-state index in [1.165, 1.54) is 37.1 Å². The Morgan fingerprint density at radius 2 is 2.09 bits per heavy atom. The molecule has 10 heteroatoms. The van der Waals surface area contributed by atoms with Crippen molar-refractivity contribution in [3.63, 3.8) is 0 Å². The van der Waals surface area contributed by atoms with E-state index < -0.39 is 22.0 Å². The van der Waals surface area contributed by atoms with Gasteiger partial charge in [-0.2, -0.15) is 16.5 Å². The first kappa shape index (κ1) is 19.5. The van der Waals surface area contributed by atoms with E-state index in [-0.39, 0.29) is 14.9 Å². The maximum atomic E-state index is 12.4. The van der Waals surface area contributed by atoms with Gasteiger partial charge in [0.2, 0.25) is 10.0 Å². The Morgan fingerprint density at radius 1 is 1.41 bits per heavy atom. The van der Waals surface area contributed by atoms with E-state index in [2.05, 4.69) is 15.0 Å². The molecule has 22 heavy (non-hydrogen) atoms. The Balaban J connectivity index is 3.03. The molecule has 2 N–H and O–H groups in total. The summed E-state index contributed by atoms with van der Waals surface area (Å²) in [5.41, 5.74) is 2.12. The summed E-state index contributed by atoms with van der Waals surface area (Å²) >= 11 is 13.2. The third kappa shape index (κ3) is 5.60. The molecule has 1 aromatic rings. The van der Waals surface area contributed by atoms with Gasteiger partial charge in [0.25, 0.3) is 5.91 Å². The average Bonchev–Trinajstić information content (AvgIpc) is 2.46. The highest BCUT2D eigenvalue weighted by Crippen LogP contribution is 2.25. The number of carbonyl (C=O) groups excluding carboxylic acids is 1. The minimum absolute atomic E-state index is 0.0210. The van der Waals surface area contributed by atoms with E-state index in [4.69, 9.17) is 23.2 Å². The van der Waals surface area contributed by atoms with Gasteiger partial charge in [0, 0.05) is 5.02 Å². The number of nitrogens with one attached hydrogen (secondary N) is 2. The van der Waals surface area contributed by atoms with Gasteiger partial charge in [-0.3, -0.25) is 9.63 Å². The van der Waals surface area contributed by atoms with Crippen molar-refractivity contribution in [3.05, 3.63) is 28.2 Å². The van der Waals surface area contributed by atoms with Crippen LogP contribution in [0.1, 0.15) is 6.42 Å². The quantitative estimate of drug-likeness (QED) is 0.668. The zero-order chi connectivity index (χ0) is 16.8. The minimum Gasteiger partial charge on any atom is -0.277 e. The van der Waals surface area contributed by atoms with Crippen LogP contribution in [0.3, 0.4) is 0 Å². The predicted octanol–water partition coefficient (Wildman–Crippen LogP) is 2.07. The maximum absolute atomic E-state index is 12.4. The minimum atomic E-state index is -4.00. The second-order valence-corrected chi connectivity index (χ2v) is 7.71. The Bertz CT molecular complexity index is 626. The van der Waals surface area contributed by atoms with Crippen molar-refractivity contribution in [3.8, 4) is 0 Å². The molecule has 0 saturated heterocycles. The van der Waals surface area contributed by atoms with Crippen LogP contribution >= 0.6 is 35.0 Å². The van der Waals surface area contributed by atoms with Gasteiger partial charge in [-0.05, 0) is 36.6 Å². The molecule has 1 unspecified atom stereocenters. The second kappa shape index (κ2) is 8.95. The SMILES string of the molecule is CONC(=O)C(CCSC)NS(=O)(=O)c1cc(Cl)ccc1Cl. The molecule has 0 aromatic heterocycles. The van der Waals surface area contributed by atoms with Gasteiger partial charge < -0.3 is 0 Å². The van der Waals surface area contributed by atoms with Crippen molar-refractivity contribution >= 4 is 50.9 Å². The Kier molecular flexibility index (Phi) is 7.95. The fraction of sp³-hybridized carbons (Fsp3) is 0.417. The lowest BCUT2D eigenvalue weighted by Gasteiger charge is -2.18. The van der Waals surface area contributed by atoms with Gasteiger partial charge in [-0.25, -0.2) is 13.9 Å². The van der Waals surface area contributed by atoms with E-state index >= 15 is 0 Å². The van der Waals surface area contributed by atoms with E-state index in [0.29, 0.717) is 12.2 Å². The summed E-state index contributed by atoms with van der Waals surface area (Å²) in [6, 6.07) is 3.11. The molecule has 0 fully saturated rings. The molecule has 0 spiro atoms. The molecule has 0 heterocycles. The Labute approximate surface area is 143 Å². The highest BCUT2D eigenvalue weighted by Gasteiger charge is 2.27. The summed E-state index contributed by atoms with van der Waals surface area (Å²) in [6.45, 7) is 0. The van der Waals surface area contributed by atoms with E-state index in [0.717, 1.165) is 0 Å². The number of hydrogen-bond acceptors (Lipinski definition) is 5. The molecular formula is C12H16Cl2N2O4S2. The summed E-state index contributed by atoms with van der Waals surface area (Å²) in [7, 11) is -2.73. The average molecular weight is 387 g/mol. The molecule has 0 aliphatic carbocycles. The van der Waals surface area contributed by atoms with Crippen molar-refractivity contribution in [1.29, 1.82) is 0 Å². The molecule has 1 rings (SSSR count). The van der Waals surface area contributed by atoms with Crippen molar-refractivity contribution in [2.75, 3.05) is 19.1 Å². The second-order valence-electron chi connectivity index (χ2n) is 4.20. The first-order chi connectivity index (χ1) is 10.3. The molecule has 0 bridgehead atoms. The van der Waals surface area contributed by atoms with E-state index in [9.17, 15) is 13.2 Å². The number of sulfonamides is 1. The van der Waals surface area contributed by atoms with E-state index in [1.54, 1.807) is 0 Å². The predicted molar refractivity (Wildman–Crippen MR) is 88.7 cm³/mol. The number of halogens is 2. The summed E-state index contributed by atoms with van der Waals surface area (Å²) in [5, 5.41) is 0.249. The molecule has 1 aromatic carbocycles. The van der Waals surface area contributed by atoms with Crippen LogP contribution in [0.25, 0.3) is 0 Å². The fourth-order valence-electron chi connectivity index (χ4n) is 1.58. The molecule has 0 aliphatic heterocycles. The number of hydrogen-bond donors (Lipinski definition) is 2. The van der Waals surface area contributed by atoms with Crippen molar-refractivity contribution in [1.82, 2.24) is 10.2 Å². The summed E-state index contributed by atoms with van der Waals surface area (Å²) < 4.78 is 27.1. The Morgan fingerprint density at radius 3 is 2.68 bits per heavy atom. The lowest BCUT2D eigenvalue weighted by atomic mass is 10.2. The van der Waals surface area contributed by atoms with Crippen LogP contribution in [-0.4, -0.2) is 39.5 Å². The molecule has 1 atom stereocenters. The van der Waals surface area contributed by atoms with Crippen molar-refractivity contribution < 1.29 is 18.0 Å². The number of benzene rings is 1. The zero-order valence-electron chi connectivity index (χ0n) is 11.9. The summed E-state index contributed by atoms with van der Waals surface area (Å²) in [5.74, 6) is 0.00594. The molecule has 0 radical (unpaired) electrons. The van der Waals surface area contributed by atoms with Crippen molar-refractivity contribution in [2.45, 2.75) is 17.4 Å². The van der Waals surface area contributed by atoms with Crippen LogP contribution in [0, 0.1) is 0 Å². The lowest BCUT2D eigenvalue weighted by molar-refractivity contribution is -0.133. The smallest absolute Gasteiger partial charge is 0.261 e. The number of hydroxylamine groups is 1. The van der Waals surface area contributed by atoms with Gasteiger partial charge in [0.05, 0.1) is 12.1 Å². The first-order valence-corrected chi connectivity index (χ1v) is 9.74. The molecule has 124 valence electrons. The monoisotopic (exact) mass is 386 g/mol. The standard InChI is InChI=1S/C12H16Cl2N2O4S2/c1-20-15-12(17)10(5-6-21-2)16-22(18,19)11-7-8(13)3-4-9(11)14/h3-4,7,10,16H,5-6H2,1-2H3,(H,15,17). The topological polar surface area (TPSA) is 84.5 Å². The van der Waals surface area contributed by atoms with Crippen LogP contribution in [0.5, 0.6) is 0 Å². The molecule has 6 nitrogen and oxygen atoms in total. The first-order valence-electron chi connectivity index (χ1n) is 6.11. The molecule has 0 saturated carbocycles. The number of carbonyl (C=O) groups is 1. The molecule has 0 aliphatic rings. The molecular weight excluding hydrogens is 371 g/mol. The van der Waals surface area contributed by atoms with Gasteiger partial charge >= 0.3 is 0 Å². The van der Waals surface area contributed by atoms with Crippen LogP contribution in [0.15, 0.2) is 23.1 Å². The number of amides is 1. The number of rotatable bonds is 8. The number of thioether (sulfide) groups is 1. The highest BCUT2D eigenvalue weighted by atomic mass is 35.5. The summed E-state index contributed by atoms with van der Waals surface area (Å²) in [4.78, 5) is 16.2. The largest absolute Gasteiger partial charge is 0.277 e. The van der Waals surface area contributed by atoms with Crippen LogP contribution in [-0.2, 0) is 19.7 Å². The highest BCUT2D eigenvalue weighted by molar-refractivity contribution is 7.98. The third-order valence-electron chi connectivity index (χ3n) is 2.61. The lowest BCUT2D eigenvalue weighted by Crippen LogP contribution is -2.46. The third-order valence-corrected chi connectivity index (χ3v) is 5.44. The maximum Gasteiger partial charge on any atom is 0.261 e. The van der Waals surface area contributed by atoms with Crippen LogP contribution < -0.4 is 10.2 Å². The van der Waals surface area contributed by atoms with Gasteiger partial charge in [-0.1, -0.05) is 23.2 Å². The fourth-order valence-corrected chi connectivity index (χ4v) is 4.05. The van der Waals surface area contributed by atoms with E-state index in [1.807, 2.05) is 6.26 Å². The van der Waals surface area contributed by atoms with Gasteiger partial charge in [-0.15, -0.1) is 0 Å². The summed E-state index contributed by atoms with van der Waals surface area (Å²) in [6.07, 6.45) is 2.15. The van der Waals surface area contributed by atoms with Gasteiger partial charge in [0.15, 0.2) is 0 Å². The van der Waals surface area contributed by atoms with Gasteiger partial charge in [0.1, 0.15) is 10.9 Å². The molecule has 1 amide bonds. The van der Waals surface area contributed by atoms with Crippen LogP contribution in [0.4, 0.5) is 0 Å².